The Bertz CT molecular complexity index is 727. The summed E-state index contributed by atoms with van der Waals surface area (Å²) in [5, 5.41) is 24.9. The minimum absolute atomic E-state index is 0.0907. The third-order valence-electron chi connectivity index (χ3n) is 4.71. The molecule has 2 bridgehead atoms. The van der Waals surface area contributed by atoms with Gasteiger partial charge in [0.15, 0.2) is 0 Å². The van der Waals surface area contributed by atoms with Gasteiger partial charge in [-0.2, -0.15) is 0 Å². The van der Waals surface area contributed by atoms with Crippen molar-refractivity contribution in [3.8, 4) is 0 Å². The molecule has 23 heavy (non-hydrogen) atoms. The first-order valence-electron chi connectivity index (χ1n) is 7.33. The monoisotopic (exact) mass is 315 g/mol. The predicted molar refractivity (Wildman–Crippen MR) is 79.2 cm³/mol. The molecule has 0 heterocycles. The minimum atomic E-state index is -1.23. The highest BCUT2D eigenvalue weighted by molar-refractivity contribution is 5.96. The van der Waals surface area contributed by atoms with Crippen LogP contribution in [0.25, 0.3) is 0 Å². The van der Waals surface area contributed by atoms with Crippen LogP contribution in [-0.4, -0.2) is 16.8 Å². The summed E-state index contributed by atoms with van der Waals surface area (Å²) in [4.78, 5) is 34.3. The van der Waals surface area contributed by atoms with E-state index in [0.29, 0.717) is 12.0 Å². The van der Waals surface area contributed by atoms with E-state index in [1.165, 1.54) is 6.07 Å². The number of carbonyl (C=O) groups is 2. The van der Waals surface area contributed by atoms with Crippen LogP contribution in [0.2, 0.25) is 0 Å². The Balaban J connectivity index is 1.82. The summed E-state index contributed by atoms with van der Waals surface area (Å²) in [6.45, 7) is 1.61. The molecule has 1 N–H and O–H groups in total. The molecule has 1 fully saturated rings. The zero-order valence-electron chi connectivity index (χ0n) is 12.4. The van der Waals surface area contributed by atoms with Gasteiger partial charge in [-0.05, 0) is 31.2 Å². The summed E-state index contributed by atoms with van der Waals surface area (Å²) in [5.41, 5.74) is 0.687. The molecule has 1 aromatic rings. The Morgan fingerprint density at radius 3 is 2.48 bits per heavy atom. The number of nitrogens with one attached hydrogen (secondary N) is 1. The summed E-state index contributed by atoms with van der Waals surface area (Å²) >= 11 is 0. The molecule has 1 saturated carbocycles. The summed E-state index contributed by atoms with van der Waals surface area (Å²) < 4.78 is 0. The normalized spacial score (nSPS) is 27.9. The lowest BCUT2D eigenvalue weighted by atomic mass is 9.82. The van der Waals surface area contributed by atoms with Crippen LogP contribution in [0.3, 0.4) is 0 Å². The number of nitrogens with zero attached hydrogens (tertiary/aromatic N) is 1. The zero-order valence-corrected chi connectivity index (χ0v) is 12.4. The predicted octanol–water partition coefficient (Wildman–Crippen LogP) is 1.03. The van der Waals surface area contributed by atoms with E-state index >= 15 is 0 Å². The number of amides is 1. The highest BCUT2D eigenvalue weighted by Crippen LogP contribution is 2.48. The fourth-order valence-corrected chi connectivity index (χ4v) is 3.61. The number of anilines is 1. The second kappa shape index (κ2) is 5.49. The molecule has 2 aliphatic carbocycles. The Morgan fingerprint density at radius 2 is 1.87 bits per heavy atom. The lowest BCUT2D eigenvalue weighted by molar-refractivity contribution is -0.385. The number of carboxylic acids is 1. The number of aryl methyl sites for hydroxylation is 1. The van der Waals surface area contributed by atoms with Crippen LogP contribution in [0.1, 0.15) is 12.0 Å². The van der Waals surface area contributed by atoms with E-state index in [1.807, 2.05) is 12.2 Å². The molecule has 0 spiro atoms. The van der Waals surface area contributed by atoms with E-state index in [9.17, 15) is 24.8 Å². The maximum Gasteiger partial charge on any atom is 0.274 e. The van der Waals surface area contributed by atoms with Gasteiger partial charge in [0.2, 0.25) is 5.91 Å². The largest absolute Gasteiger partial charge is 0.550 e. The Hall–Kier alpha value is -2.70. The first-order valence-corrected chi connectivity index (χ1v) is 7.33. The van der Waals surface area contributed by atoms with Crippen molar-refractivity contribution in [2.24, 2.45) is 23.7 Å². The number of rotatable bonds is 4. The number of carboxylic acid groups (broad SMARTS) is 1. The average molecular weight is 315 g/mol. The van der Waals surface area contributed by atoms with Gasteiger partial charge >= 0.3 is 0 Å². The van der Waals surface area contributed by atoms with Gasteiger partial charge in [-0.25, -0.2) is 0 Å². The van der Waals surface area contributed by atoms with E-state index in [1.54, 1.807) is 19.1 Å². The van der Waals surface area contributed by atoms with Crippen LogP contribution in [0.4, 0.5) is 11.4 Å². The van der Waals surface area contributed by atoms with Gasteiger partial charge in [0.05, 0.1) is 10.8 Å². The second-order valence-electron chi connectivity index (χ2n) is 6.07. The Labute approximate surface area is 132 Å². The molecular formula is C16H15N2O5-. The van der Waals surface area contributed by atoms with Crippen molar-refractivity contribution in [1.82, 2.24) is 0 Å². The van der Waals surface area contributed by atoms with Crippen molar-refractivity contribution in [3.05, 3.63) is 46.0 Å². The average Bonchev–Trinajstić information content (AvgIpc) is 3.09. The van der Waals surface area contributed by atoms with Crippen molar-refractivity contribution in [2.45, 2.75) is 13.3 Å². The van der Waals surface area contributed by atoms with Crippen LogP contribution in [-0.2, 0) is 9.59 Å². The molecule has 1 aromatic carbocycles. The van der Waals surface area contributed by atoms with Gasteiger partial charge in [0.25, 0.3) is 5.69 Å². The highest BCUT2D eigenvalue weighted by atomic mass is 16.6. The van der Waals surface area contributed by atoms with Gasteiger partial charge in [-0.1, -0.05) is 18.2 Å². The summed E-state index contributed by atoms with van der Waals surface area (Å²) in [5.74, 6) is -3.50. The molecule has 0 radical (unpaired) electrons. The number of hydrogen-bond donors (Lipinski definition) is 1. The smallest absolute Gasteiger partial charge is 0.274 e. The standard InChI is InChI=1S/C16H16N2O5/c1-8-2-5-11(7-12(8)18(22)23)17-15(19)13-9-3-4-10(6-9)14(13)16(20)21/h2-5,7,9-10,13-14H,6H2,1H3,(H,17,19)(H,20,21)/p-1/t9-,10-,13+,14-/m0/s1. The lowest BCUT2D eigenvalue weighted by Crippen LogP contribution is -2.42. The lowest BCUT2D eigenvalue weighted by Gasteiger charge is -2.27. The number of benzene rings is 1. The van der Waals surface area contributed by atoms with Crippen LogP contribution in [0, 0.1) is 40.7 Å². The second-order valence-corrected chi connectivity index (χ2v) is 6.07. The number of fused-ring (bicyclic) bond motifs is 2. The molecule has 7 heteroatoms. The fourth-order valence-electron chi connectivity index (χ4n) is 3.61. The topological polar surface area (TPSA) is 112 Å². The van der Waals surface area contributed by atoms with Crippen LogP contribution in [0.15, 0.2) is 30.4 Å². The molecular weight excluding hydrogens is 300 g/mol. The van der Waals surface area contributed by atoms with Gasteiger partial charge in [0.1, 0.15) is 0 Å². The Morgan fingerprint density at radius 1 is 1.22 bits per heavy atom. The Kier molecular flexibility index (Phi) is 3.63. The van der Waals surface area contributed by atoms with Gasteiger partial charge < -0.3 is 15.2 Å². The number of carbonyl (C=O) groups excluding carboxylic acids is 2. The zero-order chi connectivity index (χ0) is 16.7. The number of nitro benzene ring substituents is 1. The molecule has 0 aromatic heterocycles. The number of nitro groups is 1. The molecule has 7 nitrogen and oxygen atoms in total. The molecule has 120 valence electrons. The molecule has 1 amide bonds. The number of aliphatic carboxylic acids is 1. The fraction of sp³-hybridized carbons (Fsp3) is 0.375. The minimum Gasteiger partial charge on any atom is -0.550 e. The van der Waals surface area contributed by atoms with E-state index < -0.39 is 28.6 Å². The van der Waals surface area contributed by atoms with Crippen molar-refractivity contribution in [3.63, 3.8) is 0 Å². The number of allylic oxidation sites excluding steroid dienone is 2. The van der Waals surface area contributed by atoms with Crippen molar-refractivity contribution in [2.75, 3.05) is 5.32 Å². The summed E-state index contributed by atoms with van der Waals surface area (Å²) in [6, 6.07) is 4.40. The van der Waals surface area contributed by atoms with Gasteiger partial charge in [-0.15, -0.1) is 0 Å². The quantitative estimate of drug-likeness (QED) is 0.506. The van der Waals surface area contributed by atoms with E-state index in [2.05, 4.69) is 5.32 Å². The first-order chi connectivity index (χ1) is 10.9. The SMILES string of the molecule is Cc1ccc(NC(=O)[C@H]2[C@@H](C(=O)[O-])[C@H]3C=C[C@H]2C3)cc1[N+](=O)[O-]. The van der Waals surface area contributed by atoms with E-state index in [4.69, 9.17) is 0 Å². The number of hydrogen-bond acceptors (Lipinski definition) is 5. The summed E-state index contributed by atoms with van der Waals surface area (Å²) in [6.07, 6.45) is 4.32. The first kappa shape index (κ1) is 15.2. The molecule has 0 saturated heterocycles. The molecule has 2 aliphatic rings. The summed E-state index contributed by atoms with van der Waals surface area (Å²) in [7, 11) is 0. The van der Waals surface area contributed by atoms with Crippen LogP contribution >= 0.6 is 0 Å². The van der Waals surface area contributed by atoms with Gasteiger partial charge in [-0.3, -0.25) is 14.9 Å². The maximum absolute atomic E-state index is 12.5. The third kappa shape index (κ3) is 2.58. The molecule has 4 atom stereocenters. The van der Waals surface area contributed by atoms with Crippen LogP contribution in [0.5, 0.6) is 0 Å². The molecule has 0 aliphatic heterocycles. The van der Waals surface area contributed by atoms with Crippen molar-refractivity contribution >= 4 is 23.3 Å². The third-order valence-corrected chi connectivity index (χ3v) is 4.71. The highest BCUT2D eigenvalue weighted by Gasteiger charge is 2.48. The maximum atomic E-state index is 12.5. The molecule has 3 rings (SSSR count). The van der Waals surface area contributed by atoms with E-state index in [-0.39, 0.29) is 23.2 Å². The molecule has 0 unspecified atom stereocenters. The van der Waals surface area contributed by atoms with Crippen LogP contribution < -0.4 is 10.4 Å². The van der Waals surface area contributed by atoms with E-state index in [0.717, 1.165) is 0 Å². The van der Waals surface area contributed by atoms with Gasteiger partial charge in [0, 0.05) is 29.2 Å². The van der Waals surface area contributed by atoms with Crippen molar-refractivity contribution < 1.29 is 19.6 Å². The van der Waals surface area contributed by atoms with Crippen molar-refractivity contribution in [1.29, 1.82) is 0 Å².